The first-order valence-corrected chi connectivity index (χ1v) is 5.69. The van der Waals surface area contributed by atoms with Gasteiger partial charge in [-0.1, -0.05) is 0 Å². The Hall–Kier alpha value is 0.658. The van der Waals surface area contributed by atoms with Crippen LogP contribution in [0.5, 0.6) is 0 Å². The van der Waals surface area contributed by atoms with E-state index in [9.17, 15) is 0 Å². The fraction of sp³-hybridized carbons (Fsp3) is 0. The first kappa shape index (κ1) is 5.66. The van der Waals surface area contributed by atoms with Crippen LogP contribution in [-0.4, -0.2) is 12.9 Å². The van der Waals surface area contributed by atoms with Crippen LogP contribution in [0.1, 0.15) is 0 Å². The van der Waals surface area contributed by atoms with Gasteiger partial charge in [-0.2, -0.15) is 0 Å². The van der Waals surface area contributed by atoms with Crippen LogP contribution in [0.15, 0.2) is 0 Å². The van der Waals surface area contributed by atoms with E-state index in [2.05, 4.69) is 10.4 Å². The first-order valence-electron chi connectivity index (χ1n) is 0.730. The normalized spacial score (nSPS) is 11.8. The molecular weight excluding hydrogens is 155 g/mol. The van der Waals surface area contributed by atoms with E-state index in [0.29, 0.717) is 0 Å². The second-order valence-corrected chi connectivity index (χ2v) is 4.65. The van der Waals surface area contributed by atoms with Crippen molar-refractivity contribution in [1.82, 2.24) is 0 Å². The summed E-state index contributed by atoms with van der Waals surface area (Å²) in [5.74, 6) is 0. The van der Waals surface area contributed by atoms with E-state index in [1.165, 1.54) is 0 Å². The van der Waals surface area contributed by atoms with Crippen LogP contribution in [-0.2, 0) is 0 Å². The van der Waals surface area contributed by atoms with Gasteiger partial charge < -0.3 is 0 Å². The third-order valence-corrected chi connectivity index (χ3v) is 0. The molecular formula is AsO3S-3. The summed E-state index contributed by atoms with van der Waals surface area (Å²) in [6, 6.07) is 0. The molecule has 0 aliphatic heterocycles. The molecule has 0 saturated carbocycles. The van der Waals surface area contributed by atoms with Crippen molar-refractivity contribution in [2.45, 2.75) is 0 Å². The molecule has 0 aromatic heterocycles. The SMILES string of the molecule is [O-][As]([O-])([O-])=S. The zero-order chi connectivity index (χ0) is 4.50. The second kappa shape index (κ2) is 1.41. The molecule has 0 radical (unpaired) electrons. The Labute approximate surface area is 36.1 Å². The topological polar surface area (TPSA) is 69.2 Å². The van der Waals surface area contributed by atoms with Crippen molar-refractivity contribution in [2.24, 2.45) is 0 Å². The number of hydrogen-bond acceptors (Lipinski definition) is 4. The van der Waals surface area contributed by atoms with Crippen LogP contribution in [0.4, 0.5) is 0 Å². The fourth-order valence-corrected chi connectivity index (χ4v) is 0. The maximum atomic E-state index is 8.98. The molecule has 0 aliphatic carbocycles. The summed E-state index contributed by atoms with van der Waals surface area (Å²) in [4.78, 5) is 0. The quantitative estimate of drug-likeness (QED) is 0.343. The van der Waals surface area contributed by atoms with Gasteiger partial charge in [0.2, 0.25) is 0 Å². The van der Waals surface area contributed by atoms with E-state index in [0.717, 1.165) is 0 Å². The summed E-state index contributed by atoms with van der Waals surface area (Å²) in [5, 5.41) is 0. The Balaban J connectivity index is 3.47. The van der Waals surface area contributed by atoms with Gasteiger partial charge in [-0.3, -0.25) is 0 Å². The van der Waals surface area contributed by atoms with Crippen LogP contribution >= 0.6 is 10.4 Å². The molecule has 3 nitrogen and oxygen atoms in total. The summed E-state index contributed by atoms with van der Waals surface area (Å²) >= 11 is -5.04. The van der Waals surface area contributed by atoms with Gasteiger partial charge in [0, 0.05) is 0 Å². The molecule has 0 atom stereocenters. The van der Waals surface area contributed by atoms with E-state index in [1.54, 1.807) is 0 Å². The van der Waals surface area contributed by atoms with Crippen molar-refractivity contribution >= 4 is 23.3 Å². The van der Waals surface area contributed by atoms with Crippen molar-refractivity contribution in [3.63, 3.8) is 0 Å². The molecule has 0 aromatic rings. The van der Waals surface area contributed by atoms with Gasteiger partial charge in [-0.15, -0.1) is 0 Å². The van der Waals surface area contributed by atoms with Crippen LogP contribution in [0.2, 0.25) is 0 Å². The number of hydrogen-bond donors (Lipinski definition) is 0. The summed E-state index contributed by atoms with van der Waals surface area (Å²) in [5.41, 5.74) is 0. The van der Waals surface area contributed by atoms with Gasteiger partial charge in [-0.05, 0) is 0 Å². The predicted molar refractivity (Wildman–Crippen MR) is 13.3 cm³/mol. The van der Waals surface area contributed by atoms with Crippen molar-refractivity contribution in [1.29, 1.82) is 0 Å². The Morgan fingerprint density at radius 3 is 1.20 bits per heavy atom. The molecule has 0 bridgehead atoms. The van der Waals surface area contributed by atoms with Gasteiger partial charge in [-0.25, -0.2) is 0 Å². The van der Waals surface area contributed by atoms with Crippen molar-refractivity contribution in [3.05, 3.63) is 0 Å². The van der Waals surface area contributed by atoms with E-state index >= 15 is 0 Å². The minimum absolute atomic E-state index is 3.33. The van der Waals surface area contributed by atoms with E-state index in [1.807, 2.05) is 0 Å². The van der Waals surface area contributed by atoms with Gasteiger partial charge in [0.1, 0.15) is 0 Å². The number of rotatable bonds is 0. The van der Waals surface area contributed by atoms with Crippen LogP contribution in [0, 0.1) is 0 Å². The third-order valence-electron chi connectivity index (χ3n) is 0. The Bertz CT molecular complexity index is 53.0. The second-order valence-electron chi connectivity index (χ2n) is 0.447. The Morgan fingerprint density at radius 1 is 1.20 bits per heavy atom. The molecule has 0 saturated heterocycles. The standard InChI is InChI=1S/AsH3O3S/c2-1(3,4)5/h(H3,2,3,4,5)/p-3. The van der Waals surface area contributed by atoms with Gasteiger partial charge in [0.15, 0.2) is 0 Å². The molecule has 0 aliphatic rings. The molecule has 0 aromatic carbocycles. The van der Waals surface area contributed by atoms with Crippen molar-refractivity contribution in [3.8, 4) is 0 Å². The molecule has 0 amide bonds. The van der Waals surface area contributed by atoms with Crippen molar-refractivity contribution < 1.29 is 12.3 Å². The molecule has 5 heavy (non-hydrogen) atoms. The molecule has 0 N–H and O–H groups in total. The third kappa shape index (κ3) is 75.9. The fourth-order valence-electron chi connectivity index (χ4n) is 0. The monoisotopic (exact) mass is 155 g/mol. The average molecular weight is 155 g/mol. The van der Waals surface area contributed by atoms with Gasteiger partial charge in [0.05, 0.1) is 0 Å². The zero-order valence-electron chi connectivity index (χ0n) is 2.08. The zero-order valence-corrected chi connectivity index (χ0v) is 4.77. The molecule has 0 heterocycles. The summed E-state index contributed by atoms with van der Waals surface area (Å²) in [6.45, 7) is 0. The van der Waals surface area contributed by atoms with E-state index < -0.39 is 12.9 Å². The first-order chi connectivity index (χ1) is 2.00. The molecule has 0 rings (SSSR count). The van der Waals surface area contributed by atoms with Gasteiger partial charge >= 0.3 is 35.6 Å². The molecule has 5 heteroatoms. The van der Waals surface area contributed by atoms with Crippen molar-refractivity contribution in [2.75, 3.05) is 0 Å². The molecule has 0 unspecified atom stereocenters. The van der Waals surface area contributed by atoms with Crippen LogP contribution < -0.4 is 12.3 Å². The van der Waals surface area contributed by atoms with Gasteiger partial charge in [0.25, 0.3) is 0 Å². The molecule has 32 valence electrons. The molecule has 0 spiro atoms. The minimum atomic E-state index is -5.04. The van der Waals surface area contributed by atoms with E-state index in [-0.39, 0.29) is 0 Å². The molecule has 0 fully saturated rings. The Kier molecular flexibility index (Phi) is 1.59. The van der Waals surface area contributed by atoms with Crippen LogP contribution in [0.3, 0.4) is 0 Å². The summed E-state index contributed by atoms with van der Waals surface area (Å²) in [6.07, 6.45) is 0. The maximum absolute atomic E-state index is 8.98. The predicted octanol–water partition coefficient (Wildman–Crippen LogP) is -3.30. The summed E-state index contributed by atoms with van der Waals surface area (Å²) in [7, 11) is 3.33. The van der Waals surface area contributed by atoms with E-state index in [4.69, 9.17) is 12.3 Å². The average Bonchev–Trinajstić information content (AvgIpc) is 0.722. The Morgan fingerprint density at radius 2 is 1.20 bits per heavy atom. The summed E-state index contributed by atoms with van der Waals surface area (Å²) < 4.78 is 26.9. The van der Waals surface area contributed by atoms with Crippen LogP contribution in [0.25, 0.3) is 0 Å².